The fourth-order valence-electron chi connectivity index (χ4n) is 3.96. The number of rotatable bonds is 3. The molecule has 1 saturated heterocycles. The molecule has 0 N–H and O–H groups in total. The van der Waals surface area contributed by atoms with Gasteiger partial charge in [0.05, 0.1) is 0 Å². The number of hydrogen-bond acceptors (Lipinski definition) is 5. The maximum absolute atomic E-state index is 5.71. The fraction of sp³-hybridized carbons (Fsp3) is 0.227. The molecule has 28 heavy (non-hydrogen) atoms. The number of anilines is 1. The Bertz CT molecular complexity index is 1180. The van der Waals surface area contributed by atoms with Crippen molar-refractivity contribution in [3.8, 4) is 5.69 Å². The van der Waals surface area contributed by atoms with Crippen molar-refractivity contribution in [3.63, 3.8) is 0 Å². The van der Waals surface area contributed by atoms with E-state index in [9.17, 15) is 0 Å². The van der Waals surface area contributed by atoms with Crippen LogP contribution >= 0.6 is 23.6 Å². The number of fused-ring (bicyclic) bond motifs is 1. The van der Waals surface area contributed by atoms with Gasteiger partial charge in [-0.25, -0.2) is 9.97 Å². The summed E-state index contributed by atoms with van der Waals surface area (Å²) in [4.78, 5) is 12.0. The van der Waals surface area contributed by atoms with E-state index in [0.29, 0.717) is 5.92 Å². The second-order valence-electron chi connectivity index (χ2n) is 7.13. The van der Waals surface area contributed by atoms with Crippen molar-refractivity contribution in [2.24, 2.45) is 0 Å². The van der Waals surface area contributed by atoms with Gasteiger partial charge in [-0.15, -0.1) is 0 Å². The largest absolute Gasteiger partial charge is 0.355 e. The molecule has 1 aliphatic heterocycles. The third-order valence-corrected chi connectivity index (χ3v) is 6.66. The summed E-state index contributed by atoms with van der Waals surface area (Å²) < 4.78 is 3.95. The molecule has 0 radical (unpaired) electrons. The maximum atomic E-state index is 5.71. The number of aromatic nitrogens is 3. The van der Waals surface area contributed by atoms with Gasteiger partial charge in [0.2, 0.25) is 0 Å². The van der Waals surface area contributed by atoms with Gasteiger partial charge in [-0.3, -0.25) is 4.57 Å². The van der Waals surface area contributed by atoms with Gasteiger partial charge in [-0.05, 0) is 43.3 Å². The predicted octanol–water partition coefficient (Wildman–Crippen LogP) is 5.51. The highest BCUT2D eigenvalue weighted by atomic mass is 32.1. The van der Waals surface area contributed by atoms with Gasteiger partial charge in [0, 0.05) is 24.7 Å². The lowest BCUT2D eigenvalue weighted by Gasteiger charge is -2.19. The van der Waals surface area contributed by atoms with Gasteiger partial charge < -0.3 is 4.90 Å². The molecule has 1 unspecified atom stereocenters. The van der Waals surface area contributed by atoms with Gasteiger partial charge in [0.25, 0.3) is 0 Å². The van der Waals surface area contributed by atoms with E-state index < -0.39 is 0 Å². The molecule has 0 amide bonds. The Kier molecular flexibility index (Phi) is 4.45. The van der Waals surface area contributed by atoms with Crippen molar-refractivity contribution in [1.29, 1.82) is 0 Å². The summed E-state index contributed by atoms with van der Waals surface area (Å²) in [5.41, 5.74) is 3.36. The van der Waals surface area contributed by atoms with Crippen LogP contribution in [0.3, 0.4) is 0 Å². The average molecular weight is 405 g/mol. The van der Waals surface area contributed by atoms with Crippen LogP contribution in [0.2, 0.25) is 0 Å². The first kappa shape index (κ1) is 17.5. The van der Waals surface area contributed by atoms with Gasteiger partial charge in [-0.1, -0.05) is 59.9 Å². The first-order valence-electron chi connectivity index (χ1n) is 9.46. The van der Waals surface area contributed by atoms with Crippen LogP contribution < -0.4 is 4.90 Å². The topological polar surface area (TPSA) is 34.0 Å². The first-order chi connectivity index (χ1) is 13.7. The molecule has 0 saturated carbocycles. The van der Waals surface area contributed by atoms with Crippen LogP contribution in [0.15, 0.2) is 60.7 Å². The van der Waals surface area contributed by atoms with E-state index in [0.717, 1.165) is 51.1 Å². The highest BCUT2D eigenvalue weighted by Crippen LogP contribution is 2.36. The first-order valence-corrected chi connectivity index (χ1v) is 10.7. The minimum atomic E-state index is 0.538. The molecule has 1 aliphatic rings. The quantitative estimate of drug-likeness (QED) is 0.421. The van der Waals surface area contributed by atoms with Crippen LogP contribution in [0.4, 0.5) is 5.82 Å². The summed E-state index contributed by atoms with van der Waals surface area (Å²) >= 11 is 7.31. The summed E-state index contributed by atoms with van der Waals surface area (Å²) in [6.07, 6.45) is 1.14. The molecule has 1 atom stereocenters. The van der Waals surface area contributed by atoms with Crippen molar-refractivity contribution in [2.75, 3.05) is 18.0 Å². The molecular formula is C22H20N4S2. The second kappa shape index (κ2) is 7.11. The Morgan fingerprint density at radius 3 is 2.46 bits per heavy atom. The molecule has 3 heterocycles. The standard InChI is InChI=1S/C22H20N4S2/c1-15-23-20(25-13-12-17(14-25)16-8-4-2-5-9-16)19-21(24-15)26(22(27)28-19)18-10-6-3-7-11-18/h2-11,17H,12-14H2,1H3. The molecule has 4 nitrogen and oxygen atoms in total. The summed E-state index contributed by atoms with van der Waals surface area (Å²) in [5, 5.41) is 0. The van der Waals surface area contributed by atoms with Crippen molar-refractivity contribution in [3.05, 3.63) is 76.0 Å². The van der Waals surface area contributed by atoms with E-state index >= 15 is 0 Å². The fourth-order valence-corrected chi connectivity index (χ4v) is 5.36. The summed E-state index contributed by atoms with van der Waals surface area (Å²) in [6.45, 7) is 3.94. The maximum Gasteiger partial charge on any atom is 0.168 e. The minimum Gasteiger partial charge on any atom is -0.355 e. The monoisotopic (exact) mass is 404 g/mol. The lowest BCUT2D eigenvalue weighted by molar-refractivity contribution is 0.774. The molecule has 6 heteroatoms. The molecule has 0 spiro atoms. The summed E-state index contributed by atoms with van der Waals surface area (Å²) in [5.74, 6) is 2.34. The van der Waals surface area contributed by atoms with E-state index in [1.54, 1.807) is 11.3 Å². The Balaban J connectivity index is 1.59. The van der Waals surface area contributed by atoms with Gasteiger partial charge in [-0.2, -0.15) is 0 Å². The van der Waals surface area contributed by atoms with Crippen molar-refractivity contribution in [1.82, 2.24) is 14.5 Å². The normalized spacial score (nSPS) is 16.8. The summed E-state index contributed by atoms with van der Waals surface area (Å²) in [6, 6.07) is 21.0. The average Bonchev–Trinajstić information content (AvgIpc) is 3.33. The van der Waals surface area contributed by atoms with Gasteiger partial charge in [0.1, 0.15) is 10.5 Å². The minimum absolute atomic E-state index is 0.538. The van der Waals surface area contributed by atoms with Crippen LogP contribution in [0.5, 0.6) is 0 Å². The lowest BCUT2D eigenvalue weighted by Crippen LogP contribution is -2.21. The molecule has 140 valence electrons. The molecular weight excluding hydrogens is 384 g/mol. The molecule has 4 aromatic rings. The summed E-state index contributed by atoms with van der Waals surface area (Å²) in [7, 11) is 0. The van der Waals surface area contributed by atoms with Crippen LogP contribution in [0.1, 0.15) is 23.7 Å². The second-order valence-corrected chi connectivity index (χ2v) is 8.77. The van der Waals surface area contributed by atoms with E-state index in [4.69, 9.17) is 22.2 Å². The van der Waals surface area contributed by atoms with Crippen LogP contribution in [0, 0.1) is 10.9 Å². The van der Waals surface area contributed by atoms with Crippen molar-refractivity contribution >= 4 is 39.7 Å². The zero-order valence-corrected chi connectivity index (χ0v) is 17.2. The third-order valence-electron chi connectivity index (χ3n) is 5.30. The number of thiazole rings is 1. The molecule has 5 rings (SSSR count). The third kappa shape index (κ3) is 3.02. The number of aryl methyl sites for hydroxylation is 1. The number of benzene rings is 2. The van der Waals surface area contributed by atoms with Crippen LogP contribution in [-0.2, 0) is 0 Å². The van der Waals surface area contributed by atoms with Gasteiger partial charge in [0.15, 0.2) is 15.4 Å². The van der Waals surface area contributed by atoms with E-state index in [1.807, 2.05) is 25.1 Å². The molecule has 0 aliphatic carbocycles. The van der Waals surface area contributed by atoms with E-state index in [1.165, 1.54) is 5.56 Å². The van der Waals surface area contributed by atoms with Gasteiger partial charge >= 0.3 is 0 Å². The number of hydrogen-bond donors (Lipinski definition) is 0. The van der Waals surface area contributed by atoms with Crippen LogP contribution in [-0.4, -0.2) is 27.6 Å². The Morgan fingerprint density at radius 1 is 1.00 bits per heavy atom. The highest BCUT2D eigenvalue weighted by molar-refractivity contribution is 7.73. The molecule has 0 bridgehead atoms. The van der Waals surface area contributed by atoms with E-state index in [-0.39, 0.29) is 0 Å². The zero-order valence-electron chi connectivity index (χ0n) is 15.6. The Hall–Kier alpha value is -2.57. The zero-order chi connectivity index (χ0) is 19.1. The smallest absolute Gasteiger partial charge is 0.168 e. The highest BCUT2D eigenvalue weighted by Gasteiger charge is 2.27. The van der Waals surface area contributed by atoms with Crippen LogP contribution in [0.25, 0.3) is 16.0 Å². The molecule has 2 aromatic carbocycles. The number of para-hydroxylation sites is 1. The van der Waals surface area contributed by atoms with Crippen molar-refractivity contribution in [2.45, 2.75) is 19.3 Å². The SMILES string of the molecule is Cc1nc(N2CCC(c3ccccc3)C2)c2sc(=S)n(-c3ccccc3)c2n1. The van der Waals surface area contributed by atoms with E-state index in [2.05, 4.69) is 51.9 Å². The Labute approximate surface area is 173 Å². The number of nitrogens with zero attached hydrogens (tertiary/aromatic N) is 4. The molecule has 2 aromatic heterocycles. The predicted molar refractivity (Wildman–Crippen MR) is 118 cm³/mol. The van der Waals surface area contributed by atoms with Crippen molar-refractivity contribution < 1.29 is 0 Å². The lowest BCUT2D eigenvalue weighted by atomic mass is 9.99. The molecule has 1 fully saturated rings. The Morgan fingerprint density at radius 2 is 1.71 bits per heavy atom.